The molecular formula is C13H19NO2. The van der Waals surface area contributed by atoms with Crippen molar-refractivity contribution in [3.05, 3.63) is 29.8 Å². The van der Waals surface area contributed by atoms with Crippen LogP contribution in [0.15, 0.2) is 24.3 Å². The first-order valence-corrected chi connectivity index (χ1v) is 5.85. The number of aliphatic hydroxyl groups excluding tert-OH is 1. The van der Waals surface area contributed by atoms with Gasteiger partial charge in [0, 0.05) is 12.3 Å². The first-order chi connectivity index (χ1) is 7.79. The van der Waals surface area contributed by atoms with Crippen molar-refractivity contribution in [2.24, 2.45) is 0 Å². The largest absolute Gasteiger partial charge is 0.394 e. The highest BCUT2D eigenvalue weighted by Gasteiger charge is 2.25. The lowest BCUT2D eigenvalue weighted by molar-refractivity contribution is 0.0758. The van der Waals surface area contributed by atoms with Crippen molar-refractivity contribution in [2.45, 2.75) is 31.9 Å². The molecule has 2 N–H and O–H groups in total. The monoisotopic (exact) mass is 221 g/mol. The van der Waals surface area contributed by atoms with E-state index >= 15 is 0 Å². The smallest absolute Gasteiger partial charge is 0.0799 e. The third-order valence-electron chi connectivity index (χ3n) is 3.01. The van der Waals surface area contributed by atoms with E-state index in [1.807, 2.05) is 12.1 Å². The maximum absolute atomic E-state index is 9.36. The van der Waals surface area contributed by atoms with Gasteiger partial charge in [-0.05, 0) is 31.9 Å². The molecule has 0 aliphatic carbocycles. The molecule has 1 fully saturated rings. The highest BCUT2D eigenvalue weighted by molar-refractivity contribution is 5.45. The van der Waals surface area contributed by atoms with Gasteiger partial charge in [0.05, 0.1) is 18.8 Å². The van der Waals surface area contributed by atoms with Gasteiger partial charge >= 0.3 is 0 Å². The standard InChI is InChI=1S/C13H19NO2/c1-10-4-6-11(7-5-10)14-12(9-15)13-3-2-8-16-13/h4-7,12-15H,2-3,8-9H2,1H3. The summed E-state index contributed by atoms with van der Waals surface area (Å²) in [5.74, 6) is 0. The lowest BCUT2D eigenvalue weighted by Crippen LogP contribution is -2.36. The lowest BCUT2D eigenvalue weighted by Gasteiger charge is -2.23. The third kappa shape index (κ3) is 2.74. The predicted molar refractivity (Wildman–Crippen MR) is 64.6 cm³/mol. The number of ether oxygens (including phenoxy) is 1. The van der Waals surface area contributed by atoms with Crippen molar-refractivity contribution in [3.63, 3.8) is 0 Å². The molecule has 2 rings (SSSR count). The molecule has 2 atom stereocenters. The van der Waals surface area contributed by atoms with Crippen molar-refractivity contribution in [1.82, 2.24) is 0 Å². The molecule has 0 bridgehead atoms. The highest BCUT2D eigenvalue weighted by Crippen LogP contribution is 2.19. The number of rotatable bonds is 4. The van der Waals surface area contributed by atoms with Gasteiger partial charge in [-0.2, -0.15) is 0 Å². The summed E-state index contributed by atoms with van der Waals surface area (Å²) >= 11 is 0. The van der Waals surface area contributed by atoms with Crippen LogP contribution < -0.4 is 5.32 Å². The number of hydrogen-bond acceptors (Lipinski definition) is 3. The predicted octanol–water partition coefficient (Wildman–Crippen LogP) is 1.95. The van der Waals surface area contributed by atoms with E-state index < -0.39 is 0 Å². The van der Waals surface area contributed by atoms with Gasteiger partial charge in [0.25, 0.3) is 0 Å². The molecule has 3 heteroatoms. The second kappa shape index (κ2) is 5.32. The van der Waals surface area contributed by atoms with Gasteiger partial charge in [-0.25, -0.2) is 0 Å². The molecule has 1 aromatic rings. The summed E-state index contributed by atoms with van der Waals surface area (Å²) in [6.07, 6.45) is 2.27. The van der Waals surface area contributed by atoms with E-state index in [0.29, 0.717) is 0 Å². The number of aliphatic hydroxyl groups is 1. The Morgan fingerprint density at radius 3 is 2.75 bits per heavy atom. The van der Waals surface area contributed by atoms with Crippen LogP contribution in [0.2, 0.25) is 0 Å². The molecule has 1 saturated heterocycles. The minimum absolute atomic E-state index is 0.00482. The summed E-state index contributed by atoms with van der Waals surface area (Å²) in [6.45, 7) is 2.99. The summed E-state index contributed by atoms with van der Waals surface area (Å²) in [4.78, 5) is 0. The molecule has 0 amide bonds. The van der Waals surface area contributed by atoms with Crippen LogP contribution in [0, 0.1) is 6.92 Å². The van der Waals surface area contributed by atoms with E-state index in [2.05, 4.69) is 24.4 Å². The summed E-state index contributed by atoms with van der Waals surface area (Å²) in [7, 11) is 0. The third-order valence-corrected chi connectivity index (χ3v) is 3.01. The molecule has 1 aliphatic heterocycles. The Bertz CT molecular complexity index is 317. The Kier molecular flexibility index (Phi) is 3.80. The second-order valence-electron chi connectivity index (χ2n) is 4.35. The Hall–Kier alpha value is -1.06. The first-order valence-electron chi connectivity index (χ1n) is 5.85. The first kappa shape index (κ1) is 11.4. The summed E-state index contributed by atoms with van der Waals surface area (Å²) < 4.78 is 5.58. The maximum atomic E-state index is 9.36. The number of hydrogen-bond donors (Lipinski definition) is 2. The van der Waals surface area contributed by atoms with E-state index in [0.717, 1.165) is 25.1 Å². The SMILES string of the molecule is Cc1ccc(NC(CO)C2CCCO2)cc1. The van der Waals surface area contributed by atoms with Crippen LogP contribution in [-0.2, 0) is 4.74 Å². The number of aryl methyl sites for hydroxylation is 1. The molecular weight excluding hydrogens is 202 g/mol. The van der Waals surface area contributed by atoms with Gasteiger partial charge in [-0.1, -0.05) is 17.7 Å². The molecule has 0 saturated carbocycles. The van der Waals surface area contributed by atoms with Gasteiger partial charge in [0.2, 0.25) is 0 Å². The van der Waals surface area contributed by atoms with E-state index in [1.165, 1.54) is 5.56 Å². The zero-order valence-electron chi connectivity index (χ0n) is 9.65. The minimum atomic E-state index is 0.00482. The van der Waals surface area contributed by atoms with Crippen molar-refractivity contribution in [2.75, 3.05) is 18.5 Å². The van der Waals surface area contributed by atoms with Gasteiger partial charge in [-0.15, -0.1) is 0 Å². The summed E-state index contributed by atoms with van der Waals surface area (Å²) in [5, 5.41) is 12.7. The van der Waals surface area contributed by atoms with Crippen LogP contribution in [0.1, 0.15) is 18.4 Å². The molecule has 3 nitrogen and oxygen atoms in total. The van der Waals surface area contributed by atoms with Crippen LogP contribution in [0.25, 0.3) is 0 Å². The molecule has 1 heterocycles. The zero-order valence-corrected chi connectivity index (χ0v) is 9.65. The second-order valence-corrected chi connectivity index (χ2v) is 4.35. The van der Waals surface area contributed by atoms with Crippen LogP contribution >= 0.6 is 0 Å². The van der Waals surface area contributed by atoms with Crippen LogP contribution in [0.3, 0.4) is 0 Å². The van der Waals surface area contributed by atoms with Crippen molar-refractivity contribution in [3.8, 4) is 0 Å². The van der Waals surface area contributed by atoms with Crippen molar-refractivity contribution in [1.29, 1.82) is 0 Å². The average Bonchev–Trinajstić information content (AvgIpc) is 2.82. The van der Waals surface area contributed by atoms with Crippen molar-refractivity contribution < 1.29 is 9.84 Å². The van der Waals surface area contributed by atoms with E-state index in [4.69, 9.17) is 4.74 Å². The van der Waals surface area contributed by atoms with Crippen LogP contribution in [-0.4, -0.2) is 30.5 Å². The van der Waals surface area contributed by atoms with Gasteiger partial charge in [0.1, 0.15) is 0 Å². The zero-order chi connectivity index (χ0) is 11.4. The van der Waals surface area contributed by atoms with Gasteiger partial charge < -0.3 is 15.2 Å². The summed E-state index contributed by atoms with van der Waals surface area (Å²) in [5.41, 5.74) is 2.28. The van der Waals surface area contributed by atoms with E-state index in [9.17, 15) is 5.11 Å². The molecule has 0 radical (unpaired) electrons. The van der Waals surface area contributed by atoms with E-state index in [1.54, 1.807) is 0 Å². The maximum Gasteiger partial charge on any atom is 0.0799 e. The normalized spacial score (nSPS) is 22.0. The molecule has 1 aliphatic rings. The molecule has 1 aromatic carbocycles. The van der Waals surface area contributed by atoms with Gasteiger partial charge in [-0.3, -0.25) is 0 Å². The molecule has 0 aromatic heterocycles. The highest BCUT2D eigenvalue weighted by atomic mass is 16.5. The van der Waals surface area contributed by atoms with Gasteiger partial charge in [0.15, 0.2) is 0 Å². The van der Waals surface area contributed by atoms with E-state index in [-0.39, 0.29) is 18.8 Å². The van der Waals surface area contributed by atoms with Crippen molar-refractivity contribution >= 4 is 5.69 Å². The molecule has 88 valence electrons. The Morgan fingerprint density at radius 1 is 1.44 bits per heavy atom. The number of anilines is 1. The number of benzene rings is 1. The Morgan fingerprint density at radius 2 is 2.19 bits per heavy atom. The quantitative estimate of drug-likeness (QED) is 0.816. The fourth-order valence-corrected chi connectivity index (χ4v) is 2.04. The van der Waals surface area contributed by atoms with Crippen LogP contribution in [0.4, 0.5) is 5.69 Å². The molecule has 16 heavy (non-hydrogen) atoms. The number of nitrogens with one attached hydrogen (secondary N) is 1. The average molecular weight is 221 g/mol. The van der Waals surface area contributed by atoms with Crippen LogP contribution in [0.5, 0.6) is 0 Å². The Balaban J connectivity index is 1.97. The fourth-order valence-electron chi connectivity index (χ4n) is 2.04. The topological polar surface area (TPSA) is 41.5 Å². The minimum Gasteiger partial charge on any atom is -0.394 e. The lowest BCUT2D eigenvalue weighted by atomic mass is 10.1. The Labute approximate surface area is 96.4 Å². The molecule has 0 spiro atoms. The fraction of sp³-hybridized carbons (Fsp3) is 0.538. The molecule has 2 unspecified atom stereocenters. The summed E-state index contributed by atoms with van der Waals surface area (Å²) in [6, 6.07) is 8.20.